The summed E-state index contributed by atoms with van der Waals surface area (Å²) in [7, 11) is 0. The Morgan fingerprint density at radius 2 is 2.62 bits per heavy atom. The fourth-order valence-electron chi connectivity index (χ4n) is 0.502. The molecule has 0 fully saturated rings. The lowest BCUT2D eigenvalue weighted by atomic mass is 10.4. The molecule has 2 N–H and O–H groups in total. The molecule has 3 heteroatoms. The van der Waals surface area contributed by atoms with E-state index in [2.05, 4.69) is 4.99 Å². The Hall–Kier alpha value is -0.440. The molecule has 8 heavy (non-hydrogen) atoms. The second-order valence-electron chi connectivity index (χ2n) is 1.62. The number of aliphatic imine (C=N–C) groups is 1. The van der Waals surface area contributed by atoms with Crippen LogP contribution in [0.4, 0.5) is 0 Å². The van der Waals surface area contributed by atoms with E-state index in [1.165, 1.54) is 0 Å². The maximum absolute atomic E-state index is 5.47. The number of allylic oxidation sites excluding steroid dienone is 1. The summed E-state index contributed by atoms with van der Waals surface area (Å²) < 4.78 is 0. The average Bonchev–Trinajstić information content (AvgIpc) is 1.64. The number of nitrogens with two attached hydrogens (primary N) is 1. The number of hydrogen-bond donors (Lipinski definition) is 1. The number of thioether (sulfide) groups is 1. The van der Waals surface area contributed by atoms with Gasteiger partial charge in [-0.15, -0.1) is 0 Å². The Morgan fingerprint density at radius 1 is 1.88 bits per heavy atom. The van der Waals surface area contributed by atoms with Crippen molar-refractivity contribution in [2.45, 2.75) is 6.92 Å². The molecule has 1 rings (SSSR count). The molecule has 0 bridgehead atoms. The molecule has 0 aromatic heterocycles. The van der Waals surface area contributed by atoms with Crippen molar-refractivity contribution in [2.24, 2.45) is 10.7 Å². The molecule has 0 aromatic carbocycles. The molecular formula is C5H8N2S. The smallest absolute Gasteiger partial charge is 0.0907 e. The Morgan fingerprint density at radius 3 is 3.00 bits per heavy atom. The van der Waals surface area contributed by atoms with Crippen LogP contribution < -0.4 is 5.73 Å². The second-order valence-corrected chi connectivity index (χ2v) is 2.64. The van der Waals surface area contributed by atoms with Crippen LogP contribution in [0.5, 0.6) is 0 Å². The molecule has 0 amide bonds. The van der Waals surface area contributed by atoms with Gasteiger partial charge in [-0.3, -0.25) is 4.99 Å². The predicted molar refractivity (Wildman–Crippen MR) is 37.8 cm³/mol. The van der Waals surface area contributed by atoms with Crippen molar-refractivity contribution in [1.29, 1.82) is 0 Å². The largest absolute Gasteiger partial charge is 0.393 e. The Labute approximate surface area is 52.9 Å². The lowest BCUT2D eigenvalue weighted by Crippen LogP contribution is -2.01. The van der Waals surface area contributed by atoms with Gasteiger partial charge in [0.25, 0.3) is 0 Å². The summed E-state index contributed by atoms with van der Waals surface area (Å²) in [6, 6.07) is 0. The van der Waals surface area contributed by atoms with Crippen LogP contribution in [0.1, 0.15) is 6.92 Å². The maximum atomic E-state index is 5.47. The van der Waals surface area contributed by atoms with Crippen LogP contribution in [0, 0.1) is 0 Å². The quantitative estimate of drug-likeness (QED) is 0.527. The SMILES string of the molecule is CC1=NCSC(N)=C1. The van der Waals surface area contributed by atoms with Crippen molar-refractivity contribution in [2.75, 3.05) is 5.88 Å². The molecule has 0 aliphatic carbocycles. The monoisotopic (exact) mass is 128 g/mol. The minimum Gasteiger partial charge on any atom is -0.393 e. The first-order valence-corrected chi connectivity index (χ1v) is 3.38. The van der Waals surface area contributed by atoms with Gasteiger partial charge in [-0.1, -0.05) is 11.8 Å². The van der Waals surface area contributed by atoms with Gasteiger partial charge in [0.15, 0.2) is 0 Å². The number of rotatable bonds is 0. The highest BCUT2D eigenvalue weighted by atomic mass is 32.2. The highest BCUT2D eigenvalue weighted by Gasteiger charge is 1.97. The topological polar surface area (TPSA) is 38.4 Å². The summed E-state index contributed by atoms with van der Waals surface area (Å²) in [5.41, 5.74) is 6.50. The molecule has 1 heterocycles. The van der Waals surface area contributed by atoms with Gasteiger partial charge in [0.2, 0.25) is 0 Å². The fraction of sp³-hybridized carbons (Fsp3) is 0.400. The predicted octanol–water partition coefficient (Wildman–Crippen LogP) is 0.952. The third-order valence-electron chi connectivity index (χ3n) is 0.896. The van der Waals surface area contributed by atoms with E-state index in [0.29, 0.717) is 0 Å². The molecule has 2 nitrogen and oxygen atoms in total. The molecule has 1 aliphatic heterocycles. The van der Waals surface area contributed by atoms with E-state index in [9.17, 15) is 0 Å². The van der Waals surface area contributed by atoms with Crippen molar-refractivity contribution in [3.05, 3.63) is 11.1 Å². The highest BCUT2D eigenvalue weighted by Crippen LogP contribution is 2.13. The van der Waals surface area contributed by atoms with Crippen molar-refractivity contribution in [1.82, 2.24) is 0 Å². The maximum Gasteiger partial charge on any atom is 0.0907 e. The van der Waals surface area contributed by atoms with E-state index in [4.69, 9.17) is 5.73 Å². The standard InChI is InChI=1S/C5H8N2S/c1-4-2-5(6)8-3-7-4/h2H,3,6H2,1H3. The molecule has 0 spiro atoms. The summed E-state index contributed by atoms with van der Waals surface area (Å²) in [4.78, 5) is 4.10. The average molecular weight is 128 g/mol. The minimum atomic E-state index is 0.786. The zero-order valence-corrected chi connectivity index (χ0v) is 5.53. The lowest BCUT2D eigenvalue weighted by molar-refractivity contribution is 1.34. The van der Waals surface area contributed by atoms with Gasteiger partial charge < -0.3 is 5.73 Å². The van der Waals surface area contributed by atoms with E-state index in [-0.39, 0.29) is 0 Å². The van der Waals surface area contributed by atoms with Crippen LogP contribution in [-0.2, 0) is 0 Å². The molecule has 0 saturated heterocycles. The van der Waals surface area contributed by atoms with Crippen molar-refractivity contribution >= 4 is 17.5 Å². The summed E-state index contributed by atoms with van der Waals surface area (Å²) in [5, 5.41) is 0.873. The molecular weight excluding hydrogens is 120 g/mol. The zero-order chi connectivity index (χ0) is 5.98. The molecule has 44 valence electrons. The summed E-state index contributed by atoms with van der Waals surface area (Å²) in [5.74, 6) is 0.786. The Bertz CT molecular complexity index is 149. The zero-order valence-electron chi connectivity index (χ0n) is 4.72. The van der Waals surface area contributed by atoms with Gasteiger partial charge in [0.05, 0.1) is 10.9 Å². The van der Waals surface area contributed by atoms with Gasteiger partial charge >= 0.3 is 0 Å². The third-order valence-corrected chi connectivity index (χ3v) is 1.61. The Balaban J connectivity index is 2.69. The lowest BCUT2D eigenvalue weighted by Gasteiger charge is -2.03. The van der Waals surface area contributed by atoms with Crippen LogP contribution in [0.25, 0.3) is 0 Å². The van der Waals surface area contributed by atoms with E-state index >= 15 is 0 Å². The van der Waals surface area contributed by atoms with E-state index < -0.39 is 0 Å². The Kier molecular flexibility index (Phi) is 1.58. The van der Waals surface area contributed by atoms with Crippen LogP contribution in [0.2, 0.25) is 0 Å². The second kappa shape index (κ2) is 2.22. The fourth-order valence-corrected chi connectivity index (χ4v) is 1.17. The van der Waals surface area contributed by atoms with Crippen LogP contribution in [0.3, 0.4) is 0 Å². The van der Waals surface area contributed by atoms with Gasteiger partial charge in [-0.2, -0.15) is 0 Å². The molecule has 1 aliphatic rings. The first kappa shape index (κ1) is 5.69. The minimum absolute atomic E-state index is 0.786. The van der Waals surface area contributed by atoms with Gasteiger partial charge in [0, 0.05) is 5.71 Å². The normalized spacial score (nSPS) is 19.6. The van der Waals surface area contributed by atoms with Crippen LogP contribution in [-0.4, -0.2) is 11.6 Å². The van der Waals surface area contributed by atoms with Gasteiger partial charge in [-0.05, 0) is 13.0 Å². The third kappa shape index (κ3) is 1.26. The van der Waals surface area contributed by atoms with Crippen LogP contribution >= 0.6 is 11.8 Å². The summed E-state index contributed by atoms with van der Waals surface area (Å²) in [6.45, 7) is 1.95. The van der Waals surface area contributed by atoms with Crippen LogP contribution in [0.15, 0.2) is 16.1 Å². The molecule has 0 unspecified atom stereocenters. The number of hydrogen-bond acceptors (Lipinski definition) is 3. The molecule has 0 aromatic rings. The van der Waals surface area contributed by atoms with E-state index in [0.717, 1.165) is 16.6 Å². The van der Waals surface area contributed by atoms with Crippen molar-refractivity contribution in [3.63, 3.8) is 0 Å². The van der Waals surface area contributed by atoms with Crippen molar-refractivity contribution < 1.29 is 0 Å². The first-order chi connectivity index (χ1) is 3.79. The molecule has 0 saturated carbocycles. The summed E-state index contributed by atoms with van der Waals surface area (Å²) >= 11 is 1.57. The first-order valence-electron chi connectivity index (χ1n) is 2.40. The van der Waals surface area contributed by atoms with Crippen molar-refractivity contribution in [3.8, 4) is 0 Å². The molecule has 0 atom stereocenters. The number of nitrogens with zero attached hydrogens (tertiary/aromatic N) is 1. The van der Waals surface area contributed by atoms with Gasteiger partial charge in [-0.25, -0.2) is 0 Å². The summed E-state index contributed by atoms with van der Waals surface area (Å²) in [6.07, 6.45) is 1.88. The van der Waals surface area contributed by atoms with Gasteiger partial charge in [0.1, 0.15) is 0 Å². The molecule has 0 radical (unpaired) electrons. The van der Waals surface area contributed by atoms with E-state index in [1.54, 1.807) is 11.8 Å². The highest BCUT2D eigenvalue weighted by molar-refractivity contribution is 8.03. The van der Waals surface area contributed by atoms with E-state index in [1.807, 2.05) is 13.0 Å².